The molecule has 7 nitrogen and oxygen atoms in total. The molecule has 25 heavy (non-hydrogen) atoms. The first-order chi connectivity index (χ1) is 12.1. The molecule has 0 saturated heterocycles. The number of hydrogen-bond acceptors (Lipinski definition) is 5. The molecule has 130 valence electrons. The molecule has 2 rings (SSSR count). The summed E-state index contributed by atoms with van der Waals surface area (Å²) in [5.41, 5.74) is 8.95. The normalized spacial score (nSPS) is 11.9. The number of ether oxygens (including phenoxy) is 2. The molecule has 0 bridgehead atoms. The van der Waals surface area contributed by atoms with Crippen LogP contribution in [0.1, 0.15) is 17.2 Å². The molecule has 0 radical (unpaired) electrons. The zero-order valence-corrected chi connectivity index (χ0v) is 13.7. The van der Waals surface area contributed by atoms with Crippen LogP contribution in [0.3, 0.4) is 0 Å². The Morgan fingerprint density at radius 3 is 2.44 bits per heavy atom. The van der Waals surface area contributed by atoms with Gasteiger partial charge in [-0.25, -0.2) is 5.43 Å². The van der Waals surface area contributed by atoms with Crippen molar-refractivity contribution in [1.29, 1.82) is 0 Å². The summed E-state index contributed by atoms with van der Waals surface area (Å²) in [6.45, 7) is -0.179. The highest BCUT2D eigenvalue weighted by atomic mass is 16.5. The molecule has 0 saturated carbocycles. The van der Waals surface area contributed by atoms with E-state index in [2.05, 4.69) is 10.5 Å². The van der Waals surface area contributed by atoms with Crippen molar-refractivity contribution in [2.75, 3.05) is 13.7 Å². The molecule has 7 heteroatoms. The number of carbonyl (C=O) groups is 2. The first-order valence-electron chi connectivity index (χ1n) is 7.52. The number of benzene rings is 2. The Labute approximate surface area is 145 Å². The Hall–Kier alpha value is -3.19. The van der Waals surface area contributed by atoms with E-state index >= 15 is 0 Å². The average Bonchev–Trinajstić information content (AvgIpc) is 2.62. The summed E-state index contributed by atoms with van der Waals surface area (Å²) >= 11 is 0. The summed E-state index contributed by atoms with van der Waals surface area (Å²) < 4.78 is 10.4. The van der Waals surface area contributed by atoms with Crippen molar-refractivity contribution in [2.45, 2.75) is 6.10 Å². The van der Waals surface area contributed by atoms with Gasteiger partial charge in [-0.15, -0.1) is 0 Å². The van der Waals surface area contributed by atoms with Gasteiger partial charge in [-0.3, -0.25) is 9.59 Å². The van der Waals surface area contributed by atoms with Crippen molar-refractivity contribution < 1.29 is 19.1 Å². The second kappa shape index (κ2) is 9.19. The van der Waals surface area contributed by atoms with E-state index in [0.29, 0.717) is 5.75 Å². The SMILES string of the molecule is COC(C(=O)N/N=C/c1ccc(OCC(N)=O)cc1)c1ccccc1. The molecule has 0 fully saturated rings. The number of primary amides is 1. The Morgan fingerprint density at radius 1 is 1.16 bits per heavy atom. The van der Waals surface area contributed by atoms with Crippen molar-refractivity contribution in [3.8, 4) is 5.75 Å². The fourth-order valence-electron chi connectivity index (χ4n) is 2.06. The number of nitrogens with two attached hydrogens (primary N) is 1. The van der Waals surface area contributed by atoms with E-state index in [1.165, 1.54) is 13.3 Å². The molecular weight excluding hydrogens is 322 g/mol. The van der Waals surface area contributed by atoms with Gasteiger partial charge in [-0.1, -0.05) is 30.3 Å². The molecule has 0 spiro atoms. The van der Waals surface area contributed by atoms with Gasteiger partial charge in [-0.05, 0) is 35.4 Å². The van der Waals surface area contributed by atoms with Gasteiger partial charge in [0.25, 0.3) is 11.8 Å². The molecule has 0 aromatic heterocycles. The minimum Gasteiger partial charge on any atom is -0.484 e. The van der Waals surface area contributed by atoms with Crippen molar-refractivity contribution in [2.24, 2.45) is 10.8 Å². The average molecular weight is 341 g/mol. The van der Waals surface area contributed by atoms with E-state index < -0.39 is 12.0 Å². The molecular formula is C18H19N3O4. The van der Waals surface area contributed by atoms with E-state index in [-0.39, 0.29) is 12.5 Å². The van der Waals surface area contributed by atoms with Crippen LogP contribution in [0, 0.1) is 0 Å². The van der Waals surface area contributed by atoms with E-state index in [1.54, 1.807) is 24.3 Å². The molecule has 3 N–H and O–H groups in total. The van der Waals surface area contributed by atoms with Crippen LogP contribution >= 0.6 is 0 Å². The summed E-state index contributed by atoms with van der Waals surface area (Å²) in [5.74, 6) is -0.394. The van der Waals surface area contributed by atoms with Crippen molar-refractivity contribution in [3.05, 3.63) is 65.7 Å². The highest BCUT2D eigenvalue weighted by Gasteiger charge is 2.18. The molecule has 2 amide bonds. The van der Waals surface area contributed by atoms with Crippen LogP contribution in [-0.4, -0.2) is 31.7 Å². The van der Waals surface area contributed by atoms with Crippen LogP contribution < -0.4 is 15.9 Å². The fourth-order valence-corrected chi connectivity index (χ4v) is 2.06. The molecule has 1 atom stereocenters. The second-order valence-electron chi connectivity index (χ2n) is 5.08. The lowest BCUT2D eigenvalue weighted by Gasteiger charge is -2.13. The third kappa shape index (κ3) is 5.74. The Kier molecular flexibility index (Phi) is 6.67. The summed E-state index contributed by atoms with van der Waals surface area (Å²) in [7, 11) is 1.46. The Bertz CT molecular complexity index is 730. The third-order valence-corrected chi connectivity index (χ3v) is 3.23. The lowest BCUT2D eigenvalue weighted by Crippen LogP contribution is -2.26. The number of methoxy groups -OCH3 is 1. The van der Waals surface area contributed by atoms with Crippen LogP contribution in [0.25, 0.3) is 0 Å². The van der Waals surface area contributed by atoms with Gasteiger partial charge in [0.2, 0.25) is 0 Å². The molecule has 0 aliphatic carbocycles. The smallest absolute Gasteiger partial charge is 0.273 e. The molecule has 0 aliphatic rings. The Balaban J connectivity index is 1.91. The lowest BCUT2D eigenvalue weighted by atomic mass is 10.1. The quantitative estimate of drug-likeness (QED) is 0.559. The first kappa shape index (κ1) is 18.2. The first-order valence-corrected chi connectivity index (χ1v) is 7.52. The van der Waals surface area contributed by atoms with E-state index in [1.807, 2.05) is 30.3 Å². The maximum absolute atomic E-state index is 12.2. The second-order valence-corrected chi connectivity index (χ2v) is 5.08. The van der Waals surface area contributed by atoms with Crippen molar-refractivity contribution in [1.82, 2.24) is 5.43 Å². The zero-order chi connectivity index (χ0) is 18.1. The highest BCUT2D eigenvalue weighted by molar-refractivity contribution is 5.85. The van der Waals surface area contributed by atoms with Gasteiger partial charge < -0.3 is 15.2 Å². The number of rotatable bonds is 8. The predicted octanol–water partition coefficient (Wildman–Crippen LogP) is 1.39. The zero-order valence-electron chi connectivity index (χ0n) is 13.7. The van der Waals surface area contributed by atoms with Crippen LogP contribution in [0.4, 0.5) is 0 Å². The standard InChI is InChI=1S/C18H19N3O4/c1-24-17(14-5-3-2-4-6-14)18(23)21-20-11-13-7-9-15(10-8-13)25-12-16(19)22/h2-11,17H,12H2,1H3,(H2,19,22)(H,21,23)/b20-11+. The largest absolute Gasteiger partial charge is 0.484 e. The topological polar surface area (TPSA) is 103 Å². The van der Waals surface area contributed by atoms with Crippen molar-refractivity contribution in [3.63, 3.8) is 0 Å². The highest BCUT2D eigenvalue weighted by Crippen LogP contribution is 2.16. The van der Waals surface area contributed by atoms with Crippen LogP contribution in [0.2, 0.25) is 0 Å². The van der Waals surface area contributed by atoms with Gasteiger partial charge in [0.15, 0.2) is 12.7 Å². The molecule has 2 aromatic carbocycles. The third-order valence-electron chi connectivity index (χ3n) is 3.23. The van der Waals surface area contributed by atoms with Crippen LogP contribution in [-0.2, 0) is 14.3 Å². The summed E-state index contributed by atoms with van der Waals surface area (Å²) in [5, 5.41) is 3.92. The van der Waals surface area contributed by atoms with Gasteiger partial charge in [0, 0.05) is 7.11 Å². The fraction of sp³-hybridized carbons (Fsp3) is 0.167. The van der Waals surface area contributed by atoms with E-state index in [4.69, 9.17) is 15.2 Å². The monoisotopic (exact) mass is 341 g/mol. The number of hydrazone groups is 1. The van der Waals surface area contributed by atoms with Gasteiger partial charge in [0.1, 0.15) is 5.75 Å². The van der Waals surface area contributed by atoms with Crippen LogP contribution in [0.5, 0.6) is 5.75 Å². The molecule has 2 aromatic rings. The predicted molar refractivity (Wildman–Crippen MR) is 93.1 cm³/mol. The minimum absolute atomic E-state index is 0.179. The van der Waals surface area contributed by atoms with Crippen LogP contribution in [0.15, 0.2) is 59.7 Å². The molecule has 0 aliphatic heterocycles. The molecule has 1 unspecified atom stereocenters. The summed E-state index contributed by atoms with van der Waals surface area (Å²) in [6, 6.07) is 16.0. The Morgan fingerprint density at radius 2 is 1.84 bits per heavy atom. The minimum atomic E-state index is -0.733. The molecule has 0 heterocycles. The van der Waals surface area contributed by atoms with E-state index in [9.17, 15) is 9.59 Å². The summed E-state index contributed by atoms with van der Waals surface area (Å²) in [4.78, 5) is 22.8. The summed E-state index contributed by atoms with van der Waals surface area (Å²) in [6.07, 6.45) is 0.760. The maximum atomic E-state index is 12.2. The number of nitrogens with one attached hydrogen (secondary N) is 1. The van der Waals surface area contributed by atoms with Gasteiger partial charge >= 0.3 is 0 Å². The van der Waals surface area contributed by atoms with E-state index in [0.717, 1.165) is 11.1 Å². The number of nitrogens with zero attached hydrogens (tertiary/aromatic N) is 1. The number of carbonyl (C=O) groups excluding carboxylic acids is 2. The van der Waals surface area contributed by atoms with Gasteiger partial charge in [-0.2, -0.15) is 5.10 Å². The number of amides is 2. The van der Waals surface area contributed by atoms with Crippen molar-refractivity contribution >= 4 is 18.0 Å². The van der Waals surface area contributed by atoms with Gasteiger partial charge in [0.05, 0.1) is 6.21 Å². The lowest BCUT2D eigenvalue weighted by molar-refractivity contribution is -0.131. The maximum Gasteiger partial charge on any atom is 0.273 e. The number of hydrogen-bond donors (Lipinski definition) is 2.